The van der Waals surface area contributed by atoms with Crippen molar-refractivity contribution in [1.82, 2.24) is 4.90 Å². The summed E-state index contributed by atoms with van der Waals surface area (Å²) in [4.78, 5) is 26.3. The van der Waals surface area contributed by atoms with Gasteiger partial charge in [-0.15, -0.1) is 0 Å². The number of anilines is 1. The third-order valence-corrected chi connectivity index (χ3v) is 4.43. The number of carbonyl (C=O) groups is 2. The first-order valence-electron chi connectivity index (χ1n) is 7.32. The summed E-state index contributed by atoms with van der Waals surface area (Å²) < 4.78 is 0. The second kappa shape index (κ2) is 5.27. The normalized spacial score (nSPS) is 22.6. The Kier molecular flexibility index (Phi) is 3.47. The van der Waals surface area contributed by atoms with Gasteiger partial charge >= 0.3 is 0 Å². The summed E-state index contributed by atoms with van der Waals surface area (Å²) in [5, 5.41) is 2.85. The Labute approximate surface area is 119 Å². The van der Waals surface area contributed by atoms with Crippen LogP contribution >= 0.6 is 0 Å². The Hall–Kier alpha value is -1.84. The Morgan fingerprint density at radius 1 is 1.30 bits per heavy atom. The highest BCUT2D eigenvalue weighted by Crippen LogP contribution is 2.34. The molecule has 0 spiro atoms. The molecule has 1 fully saturated rings. The SMILES string of the molecule is CC1CCN(C(=O)CC2C(=O)Nc3ccccc32)CC1. The predicted octanol–water partition coefficient (Wildman–Crippen LogP) is 2.37. The maximum absolute atomic E-state index is 12.4. The summed E-state index contributed by atoms with van der Waals surface area (Å²) in [7, 11) is 0. The highest BCUT2D eigenvalue weighted by atomic mass is 16.2. The molecule has 0 aromatic heterocycles. The summed E-state index contributed by atoms with van der Waals surface area (Å²) in [6, 6.07) is 7.64. The zero-order valence-corrected chi connectivity index (χ0v) is 11.8. The lowest BCUT2D eigenvalue weighted by atomic mass is 9.95. The second-order valence-corrected chi connectivity index (χ2v) is 5.90. The minimum atomic E-state index is -0.321. The zero-order chi connectivity index (χ0) is 14.1. The molecule has 1 aromatic rings. The van der Waals surface area contributed by atoms with Gasteiger partial charge in [-0.2, -0.15) is 0 Å². The molecule has 3 rings (SSSR count). The summed E-state index contributed by atoms with van der Waals surface area (Å²) in [6.07, 6.45) is 2.43. The topological polar surface area (TPSA) is 49.4 Å². The van der Waals surface area contributed by atoms with Crippen LogP contribution in [0.5, 0.6) is 0 Å². The Bertz CT molecular complexity index is 533. The van der Waals surface area contributed by atoms with E-state index in [1.54, 1.807) is 0 Å². The minimum Gasteiger partial charge on any atom is -0.343 e. The number of fused-ring (bicyclic) bond motifs is 1. The van der Waals surface area contributed by atoms with Crippen LogP contribution in [-0.4, -0.2) is 29.8 Å². The van der Waals surface area contributed by atoms with Crippen molar-refractivity contribution in [2.45, 2.75) is 32.1 Å². The van der Waals surface area contributed by atoms with Crippen LogP contribution < -0.4 is 5.32 Å². The zero-order valence-electron chi connectivity index (χ0n) is 11.8. The summed E-state index contributed by atoms with van der Waals surface area (Å²) >= 11 is 0. The molecule has 4 heteroatoms. The molecule has 0 radical (unpaired) electrons. The van der Waals surface area contributed by atoms with Gasteiger partial charge < -0.3 is 10.2 Å². The summed E-state index contributed by atoms with van der Waals surface area (Å²) in [6.45, 7) is 3.88. The van der Waals surface area contributed by atoms with Crippen molar-refractivity contribution in [3.8, 4) is 0 Å². The van der Waals surface area contributed by atoms with E-state index < -0.39 is 0 Å². The van der Waals surface area contributed by atoms with Gasteiger partial charge in [0, 0.05) is 25.2 Å². The van der Waals surface area contributed by atoms with Gasteiger partial charge in [-0.1, -0.05) is 25.1 Å². The quantitative estimate of drug-likeness (QED) is 0.898. The molecule has 20 heavy (non-hydrogen) atoms. The molecule has 0 aliphatic carbocycles. The lowest BCUT2D eigenvalue weighted by Crippen LogP contribution is -2.39. The number of benzene rings is 1. The van der Waals surface area contributed by atoms with E-state index in [1.807, 2.05) is 29.2 Å². The number of nitrogens with one attached hydrogen (secondary N) is 1. The van der Waals surface area contributed by atoms with Crippen molar-refractivity contribution < 1.29 is 9.59 Å². The van der Waals surface area contributed by atoms with E-state index in [-0.39, 0.29) is 24.2 Å². The fraction of sp³-hybridized carbons (Fsp3) is 0.500. The van der Waals surface area contributed by atoms with Gasteiger partial charge in [0.15, 0.2) is 0 Å². The molecule has 4 nitrogen and oxygen atoms in total. The number of rotatable bonds is 2. The van der Waals surface area contributed by atoms with E-state index in [4.69, 9.17) is 0 Å². The lowest BCUT2D eigenvalue weighted by Gasteiger charge is -2.30. The van der Waals surface area contributed by atoms with Crippen molar-refractivity contribution >= 4 is 17.5 Å². The van der Waals surface area contributed by atoms with E-state index in [9.17, 15) is 9.59 Å². The number of hydrogen-bond acceptors (Lipinski definition) is 2. The van der Waals surface area contributed by atoms with E-state index in [1.165, 1.54) is 0 Å². The number of hydrogen-bond donors (Lipinski definition) is 1. The van der Waals surface area contributed by atoms with Crippen LogP contribution in [0.1, 0.15) is 37.7 Å². The molecule has 0 bridgehead atoms. The first-order valence-corrected chi connectivity index (χ1v) is 7.32. The molecule has 0 saturated carbocycles. The van der Waals surface area contributed by atoms with E-state index >= 15 is 0 Å². The Morgan fingerprint density at radius 3 is 2.75 bits per heavy atom. The number of para-hydroxylation sites is 1. The van der Waals surface area contributed by atoms with Crippen LogP contribution in [0.2, 0.25) is 0 Å². The number of carbonyl (C=O) groups excluding carboxylic acids is 2. The molecule has 2 amide bonds. The third-order valence-electron chi connectivity index (χ3n) is 4.43. The van der Waals surface area contributed by atoms with Crippen molar-refractivity contribution in [3.05, 3.63) is 29.8 Å². The molecular weight excluding hydrogens is 252 g/mol. The highest BCUT2D eigenvalue weighted by Gasteiger charge is 2.33. The fourth-order valence-corrected chi connectivity index (χ4v) is 3.04. The largest absolute Gasteiger partial charge is 0.343 e. The van der Waals surface area contributed by atoms with Crippen LogP contribution in [0.4, 0.5) is 5.69 Å². The Balaban J connectivity index is 1.69. The molecular formula is C16H20N2O2. The molecule has 2 aliphatic rings. The number of piperidine rings is 1. The van der Waals surface area contributed by atoms with Gasteiger partial charge in [0.1, 0.15) is 0 Å². The molecule has 2 aliphatic heterocycles. The standard InChI is InChI=1S/C16H20N2O2/c1-11-6-8-18(9-7-11)15(19)10-13-12-4-2-3-5-14(12)17-16(13)20/h2-5,11,13H,6-10H2,1H3,(H,17,20). The van der Waals surface area contributed by atoms with Crippen molar-refractivity contribution in [3.63, 3.8) is 0 Å². The van der Waals surface area contributed by atoms with Crippen LogP contribution in [0.3, 0.4) is 0 Å². The first-order chi connectivity index (χ1) is 9.65. The highest BCUT2D eigenvalue weighted by molar-refractivity contribution is 6.04. The molecule has 1 atom stereocenters. The van der Waals surface area contributed by atoms with E-state index in [0.717, 1.165) is 37.2 Å². The molecule has 1 aromatic carbocycles. The van der Waals surface area contributed by atoms with Gasteiger partial charge in [-0.25, -0.2) is 0 Å². The summed E-state index contributed by atoms with van der Waals surface area (Å²) in [5.41, 5.74) is 1.80. The maximum atomic E-state index is 12.4. The van der Waals surface area contributed by atoms with Crippen molar-refractivity contribution in [1.29, 1.82) is 0 Å². The average Bonchev–Trinajstić information content (AvgIpc) is 2.76. The molecule has 1 unspecified atom stereocenters. The Morgan fingerprint density at radius 2 is 2.00 bits per heavy atom. The molecule has 1 saturated heterocycles. The molecule has 106 valence electrons. The predicted molar refractivity (Wildman–Crippen MR) is 77.4 cm³/mol. The van der Waals surface area contributed by atoms with Crippen LogP contribution in [-0.2, 0) is 9.59 Å². The average molecular weight is 272 g/mol. The lowest BCUT2D eigenvalue weighted by molar-refractivity contribution is -0.134. The number of amides is 2. The van der Waals surface area contributed by atoms with Crippen molar-refractivity contribution in [2.75, 3.05) is 18.4 Å². The van der Waals surface area contributed by atoms with Crippen LogP contribution in [0.15, 0.2) is 24.3 Å². The maximum Gasteiger partial charge on any atom is 0.232 e. The van der Waals surface area contributed by atoms with E-state index in [2.05, 4.69) is 12.2 Å². The molecule has 2 heterocycles. The smallest absolute Gasteiger partial charge is 0.232 e. The van der Waals surface area contributed by atoms with Gasteiger partial charge in [0.2, 0.25) is 11.8 Å². The van der Waals surface area contributed by atoms with E-state index in [0.29, 0.717) is 5.92 Å². The molecule has 1 N–H and O–H groups in total. The van der Waals surface area contributed by atoms with Crippen LogP contribution in [0, 0.1) is 5.92 Å². The number of nitrogens with zero attached hydrogens (tertiary/aromatic N) is 1. The third kappa shape index (κ3) is 2.42. The van der Waals surface area contributed by atoms with Gasteiger partial charge in [-0.05, 0) is 30.4 Å². The number of likely N-dealkylation sites (tertiary alicyclic amines) is 1. The monoisotopic (exact) mass is 272 g/mol. The van der Waals surface area contributed by atoms with Gasteiger partial charge in [0.05, 0.1) is 5.92 Å². The second-order valence-electron chi connectivity index (χ2n) is 5.90. The van der Waals surface area contributed by atoms with Gasteiger partial charge in [0.25, 0.3) is 0 Å². The minimum absolute atomic E-state index is 0.0510. The van der Waals surface area contributed by atoms with Gasteiger partial charge in [-0.3, -0.25) is 9.59 Å². The van der Waals surface area contributed by atoms with Crippen molar-refractivity contribution in [2.24, 2.45) is 5.92 Å². The van der Waals surface area contributed by atoms with Crippen LogP contribution in [0.25, 0.3) is 0 Å². The first kappa shape index (κ1) is 13.2. The fourth-order valence-electron chi connectivity index (χ4n) is 3.04. The summed E-state index contributed by atoms with van der Waals surface area (Å²) in [5.74, 6) is 0.436.